The molecule has 0 aromatic rings. The molecule has 0 saturated carbocycles. The molecule has 1 fully saturated rings. The predicted molar refractivity (Wildman–Crippen MR) is 117 cm³/mol. The molecule has 1 heterocycles. The molecule has 3 atom stereocenters. The summed E-state index contributed by atoms with van der Waals surface area (Å²) in [5, 5.41) is 4.46. The van der Waals surface area contributed by atoms with Gasteiger partial charge in [0.05, 0.1) is 0 Å². The van der Waals surface area contributed by atoms with Gasteiger partial charge in [0.25, 0.3) is 0 Å². The van der Waals surface area contributed by atoms with Crippen LogP contribution in [0.15, 0.2) is 23.6 Å². The van der Waals surface area contributed by atoms with Crippen molar-refractivity contribution in [3.8, 4) is 0 Å². The predicted octanol–water partition coefficient (Wildman–Crippen LogP) is 4.15. The Morgan fingerprint density at radius 3 is 2.53 bits per heavy atom. The Morgan fingerprint density at radius 1 is 1.24 bits per heavy atom. The smallest absolute Gasteiger partial charge is 0.444 e. The summed E-state index contributed by atoms with van der Waals surface area (Å²) in [5.41, 5.74) is -0.401. The number of halogens is 4. The Morgan fingerprint density at radius 2 is 1.91 bits per heavy atom. The molecule has 0 aromatic carbocycles. The second kappa shape index (κ2) is 11.2. The second-order valence-electron chi connectivity index (χ2n) is 9.75. The van der Waals surface area contributed by atoms with Crippen LogP contribution in [0.2, 0.25) is 0 Å². The molecule has 2 rings (SSSR count). The summed E-state index contributed by atoms with van der Waals surface area (Å²) in [7, 11) is 0. The molecule has 1 aliphatic heterocycles. The van der Waals surface area contributed by atoms with E-state index < -0.39 is 41.8 Å². The molecule has 3 amide bonds. The van der Waals surface area contributed by atoms with E-state index in [2.05, 4.69) is 5.32 Å². The minimum absolute atomic E-state index is 0.0565. The molecular weight excluding hydrogens is 458 g/mol. The van der Waals surface area contributed by atoms with Gasteiger partial charge in [-0.05, 0) is 52.0 Å². The summed E-state index contributed by atoms with van der Waals surface area (Å²) in [6, 6.07) is -1.38. The largest absolute Gasteiger partial charge is 0.471 e. The van der Waals surface area contributed by atoms with Crippen LogP contribution in [0.4, 0.5) is 22.4 Å². The highest BCUT2D eigenvalue weighted by Gasteiger charge is 2.40. The van der Waals surface area contributed by atoms with Crippen molar-refractivity contribution in [2.24, 2.45) is 5.92 Å². The van der Waals surface area contributed by atoms with E-state index in [1.54, 1.807) is 33.8 Å². The lowest BCUT2D eigenvalue weighted by atomic mass is 9.92. The number of hydrogen-bond donors (Lipinski definition) is 2. The minimum Gasteiger partial charge on any atom is -0.444 e. The van der Waals surface area contributed by atoms with Gasteiger partial charge in [-0.1, -0.05) is 19.1 Å². The maximum atomic E-state index is 14.6. The molecule has 7 nitrogen and oxygen atoms in total. The van der Waals surface area contributed by atoms with Gasteiger partial charge in [0.1, 0.15) is 11.4 Å². The Labute approximate surface area is 196 Å². The average Bonchev–Trinajstić information content (AvgIpc) is 3.16. The number of amides is 3. The summed E-state index contributed by atoms with van der Waals surface area (Å²) in [4.78, 5) is 37.9. The van der Waals surface area contributed by atoms with Crippen LogP contribution < -0.4 is 10.6 Å². The van der Waals surface area contributed by atoms with Crippen molar-refractivity contribution in [3.63, 3.8) is 0 Å². The highest BCUT2D eigenvalue weighted by molar-refractivity contribution is 5.82. The van der Waals surface area contributed by atoms with E-state index in [9.17, 15) is 31.9 Å². The van der Waals surface area contributed by atoms with Crippen LogP contribution in [-0.2, 0) is 14.3 Å². The second-order valence-corrected chi connectivity index (χ2v) is 9.75. The topological polar surface area (TPSA) is 87.7 Å². The van der Waals surface area contributed by atoms with Gasteiger partial charge in [-0.3, -0.25) is 9.59 Å². The fourth-order valence-corrected chi connectivity index (χ4v) is 4.01. The van der Waals surface area contributed by atoms with Crippen LogP contribution >= 0.6 is 0 Å². The Hall–Kier alpha value is -2.59. The molecule has 2 aliphatic rings. The standard InChI is InChI=1S/C23H33F4N3O4/c1-14-7-5-8-15(19(14)24)11-16(29-21(33)34-22(2,3)4)12-18(31)30-10-6-9-17(30)13-28-20(32)23(25,26)27/h5,8,14,16-17H,6-7,9-13H2,1-4H3,(H,28,32)(H,29,33)/t14?,16-,17+/m1/s1. The summed E-state index contributed by atoms with van der Waals surface area (Å²) in [6.45, 7) is 6.79. The molecule has 1 aliphatic carbocycles. The van der Waals surface area contributed by atoms with Gasteiger partial charge in [-0.15, -0.1) is 0 Å². The quantitative estimate of drug-likeness (QED) is 0.524. The first-order valence-electron chi connectivity index (χ1n) is 11.4. The zero-order valence-corrected chi connectivity index (χ0v) is 19.9. The van der Waals surface area contributed by atoms with Crippen molar-refractivity contribution < 1.29 is 36.7 Å². The van der Waals surface area contributed by atoms with E-state index in [1.807, 2.05) is 11.4 Å². The molecule has 0 bridgehead atoms. The van der Waals surface area contributed by atoms with Crippen LogP contribution in [-0.4, -0.2) is 59.8 Å². The molecular formula is C23H33F4N3O4. The fraction of sp³-hybridized carbons (Fsp3) is 0.696. The van der Waals surface area contributed by atoms with Gasteiger partial charge in [0.15, 0.2) is 0 Å². The Balaban J connectivity index is 2.10. The Kier molecular flexibility index (Phi) is 9.13. The van der Waals surface area contributed by atoms with Gasteiger partial charge >= 0.3 is 18.2 Å². The molecule has 1 unspecified atom stereocenters. The molecule has 0 radical (unpaired) electrons. The number of carbonyl (C=O) groups is 3. The average molecular weight is 492 g/mol. The number of ether oxygens (including phenoxy) is 1. The van der Waals surface area contributed by atoms with Gasteiger partial charge in [-0.25, -0.2) is 9.18 Å². The van der Waals surface area contributed by atoms with E-state index >= 15 is 0 Å². The lowest BCUT2D eigenvalue weighted by Crippen LogP contribution is -2.48. The number of likely N-dealkylation sites (tertiary alicyclic amines) is 1. The maximum absolute atomic E-state index is 14.6. The molecule has 0 aromatic heterocycles. The minimum atomic E-state index is -5.00. The maximum Gasteiger partial charge on any atom is 0.471 e. The summed E-state index contributed by atoms with van der Waals surface area (Å²) in [5.74, 6) is -3.08. The SMILES string of the molecule is CC1CC=CC(C[C@H](CC(=O)N2CCC[C@H]2CNC(=O)C(F)(F)F)NC(=O)OC(C)(C)C)=C1F. The number of rotatable bonds is 7. The zero-order valence-electron chi connectivity index (χ0n) is 19.9. The first-order valence-corrected chi connectivity index (χ1v) is 11.4. The van der Waals surface area contributed by atoms with Crippen LogP contribution in [0.5, 0.6) is 0 Å². The monoisotopic (exact) mass is 491 g/mol. The van der Waals surface area contributed by atoms with Crippen LogP contribution in [0.3, 0.4) is 0 Å². The number of nitrogens with zero attached hydrogens (tertiary/aromatic N) is 1. The van der Waals surface area contributed by atoms with Gasteiger partial charge < -0.3 is 20.3 Å². The van der Waals surface area contributed by atoms with Crippen LogP contribution in [0.1, 0.15) is 59.8 Å². The molecule has 1 saturated heterocycles. The van der Waals surface area contributed by atoms with E-state index in [0.717, 1.165) is 0 Å². The van der Waals surface area contributed by atoms with E-state index in [0.29, 0.717) is 31.4 Å². The first kappa shape index (κ1) is 27.7. The normalized spacial score (nSPS) is 21.9. The van der Waals surface area contributed by atoms with Gasteiger partial charge in [0, 0.05) is 37.5 Å². The summed E-state index contributed by atoms with van der Waals surface area (Å²) < 4.78 is 57.4. The van der Waals surface area contributed by atoms with Crippen molar-refractivity contribution in [2.45, 2.75) is 83.7 Å². The Bertz CT molecular complexity index is 833. The highest BCUT2D eigenvalue weighted by atomic mass is 19.4. The van der Waals surface area contributed by atoms with Crippen LogP contribution in [0, 0.1) is 5.92 Å². The summed E-state index contributed by atoms with van der Waals surface area (Å²) >= 11 is 0. The third-order valence-electron chi connectivity index (χ3n) is 5.61. The van der Waals surface area contributed by atoms with E-state index in [-0.39, 0.29) is 31.1 Å². The molecule has 192 valence electrons. The van der Waals surface area contributed by atoms with E-state index in [1.165, 1.54) is 4.90 Å². The first-order chi connectivity index (χ1) is 15.7. The molecule has 2 N–H and O–H groups in total. The van der Waals surface area contributed by atoms with E-state index in [4.69, 9.17) is 4.74 Å². The molecule has 34 heavy (non-hydrogen) atoms. The fourth-order valence-electron chi connectivity index (χ4n) is 4.01. The number of nitrogens with one attached hydrogen (secondary N) is 2. The lowest BCUT2D eigenvalue weighted by Gasteiger charge is -2.29. The van der Waals surface area contributed by atoms with Crippen molar-refractivity contribution in [1.82, 2.24) is 15.5 Å². The number of hydrogen-bond acceptors (Lipinski definition) is 4. The lowest BCUT2D eigenvalue weighted by molar-refractivity contribution is -0.173. The van der Waals surface area contributed by atoms with Crippen molar-refractivity contribution in [1.29, 1.82) is 0 Å². The van der Waals surface area contributed by atoms with Crippen molar-refractivity contribution in [2.75, 3.05) is 13.1 Å². The number of carbonyl (C=O) groups excluding carboxylic acids is 3. The highest BCUT2D eigenvalue weighted by Crippen LogP contribution is 2.29. The number of alkyl carbamates (subject to hydrolysis) is 1. The van der Waals surface area contributed by atoms with Crippen LogP contribution in [0.25, 0.3) is 0 Å². The third kappa shape index (κ3) is 8.32. The third-order valence-corrected chi connectivity index (χ3v) is 5.61. The van der Waals surface area contributed by atoms with Gasteiger partial charge in [-0.2, -0.15) is 13.2 Å². The number of alkyl halides is 3. The zero-order chi connectivity index (χ0) is 25.7. The summed E-state index contributed by atoms with van der Waals surface area (Å²) in [6.07, 6.45) is -0.867. The van der Waals surface area contributed by atoms with Crippen molar-refractivity contribution in [3.05, 3.63) is 23.6 Å². The molecule has 11 heteroatoms. The molecule has 0 spiro atoms. The number of allylic oxidation sites excluding steroid dienone is 3. The van der Waals surface area contributed by atoms with Crippen molar-refractivity contribution >= 4 is 17.9 Å². The van der Waals surface area contributed by atoms with Gasteiger partial charge in [0.2, 0.25) is 5.91 Å².